The first kappa shape index (κ1) is 11.7. The Labute approximate surface area is 109 Å². The van der Waals surface area contributed by atoms with E-state index >= 15 is 0 Å². The summed E-state index contributed by atoms with van der Waals surface area (Å²) in [6, 6.07) is 0. The van der Waals surface area contributed by atoms with E-state index in [9.17, 15) is 0 Å². The van der Waals surface area contributed by atoms with Crippen molar-refractivity contribution in [3.63, 3.8) is 0 Å². The molecule has 0 bridgehead atoms. The Morgan fingerprint density at radius 1 is 1.32 bits per heavy atom. The lowest BCUT2D eigenvalue weighted by Gasteiger charge is -2.05. The van der Waals surface area contributed by atoms with Crippen LogP contribution in [-0.4, -0.2) is 42.4 Å². The van der Waals surface area contributed by atoms with E-state index in [1.807, 2.05) is 23.8 Å². The lowest BCUT2D eigenvalue weighted by Crippen LogP contribution is -2.08. The highest BCUT2D eigenvalue weighted by Crippen LogP contribution is 2.22. The Morgan fingerprint density at radius 3 is 2.95 bits per heavy atom. The second-order valence-corrected chi connectivity index (χ2v) is 4.17. The number of nitrogens with one attached hydrogen (secondary N) is 1. The summed E-state index contributed by atoms with van der Waals surface area (Å²) in [5, 5.41) is 16.1. The summed E-state index contributed by atoms with van der Waals surface area (Å²) >= 11 is 0. The molecule has 0 atom stereocenters. The van der Waals surface area contributed by atoms with Gasteiger partial charge in [0.05, 0.1) is 24.7 Å². The highest BCUT2D eigenvalue weighted by Gasteiger charge is 2.10. The molecule has 0 aliphatic rings. The third kappa shape index (κ3) is 2.04. The Morgan fingerprint density at radius 2 is 2.21 bits per heavy atom. The predicted octanol–water partition coefficient (Wildman–Crippen LogP) is 0.534. The first-order chi connectivity index (χ1) is 9.29. The largest absolute Gasteiger partial charge is 0.395 e. The Hall–Kier alpha value is -2.41. The average Bonchev–Trinajstić information content (AvgIpc) is 3.02. The Kier molecular flexibility index (Phi) is 2.88. The minimum absolute atomic E-state index is 0.0545. The number of anilines is 1. The lowest BCUT2D eigenvalue weighted by molar-refractivity contribution is 0.311. The van der Waals surface area contributed by atoms with Gasteiger partial charge in [-0.1, -0.05) is 0 Å². The van der Waals surface area contributed by atoms with Gasteiger partial charge in [-0.25, -0.2) is 9.97 Å². The maximum atomic E-state index is 8.86. The fraction of sp³-hybridized carbons (Fsp3) is 0.250. The van der Waals surface area contributed by atoms with E-state index in [0.29, 0.717) is 12.4 Å². The molecular weight excluding hydrogens is 244 g/mol. The number of fused-ring (bicyclic) bond motifs is 1. The van der Waals surface area contributed by atoms with Crippen molar-refractivity contribution in [2.45, 2.75) is 0 Å². The summed E-state index contributed by atoms with van der Waals surface area (Å²) in [6.07, 6.45) is 9.08. The quantitative estimate of drug-likeness (QED) is 0.713. The molecule has 3 aromatic heterocycles. The summed E-state index contributed by atoms with van der Waals surface area (Å²) in [6.45, 7) is 0.501. The molecule has 19 heavy (non-hydrogen) atoms. The molecule has 0 saturated carbocycles. The van der Waals surface area contributed by atoms with Gasteiger partial charge in [-0.3, -0.25) is 9.08 Å². The van der Waals surface area contributed by atoms with Gasteiger partial charge in [-0.15, -0.1) is 0 Å². The molecule has 3 aromatic rings. The standard InChI is InChI=1S/C12H14N6O/c1-17-8-9(6-16-17)10-7-15-12-11(14-3-5-19)13-2-4-18(10)12/h2,4,6-8,19H,3,5H2,1H3,(H,13,14). The normalized spacial score (nSPS) is 11.1. The van der Waals surface area contributed by atoms with Crippen LogP contribution < -0.4 is 5.32 Å². The predicted molar refractivity (Wildman–Crippen MR) is 70.8 cm³/mol. The molecule has 3 heterocycles. The molecule has 0 aliphatic carbocycles. The molecule has 0 aliphatic heterocycles. The molecule has 3 rings (SSSR count). The van der Waals surface area contributed by atoms with Gasteiger partial charge >= 0.3 is 0 Å². The van der Waals surface area contributed by atoms with Crippen LogP contribution in [0.25, 0.3) is 16.9 Å². The lowest BCUT2D eigenvalue weighted by atomic mass is 10.3. The van der Waals surface area contributed by atoms with Gasteiger partial charge in [0.15, 0.2) is 11.5 Å². The summed E-state index contributed by atoms with van der Waals surface area (Å²) in [5.41, 5.74) is 2.68. The van der Waals surface area contributed by atoms with Crippen molar-refractivity contribution < 1.29 is 5.11 Å². The number of hydrogen-bond acceptors (Lipinski definition) is 5. The van der Waals surface area contributed by atoms with Crippen molar-refractivity contribution in [2.24, 2.45) is 7.05 Å². The molecule has 0 aromatic carbocycles. The van der Waals surface area contributed by atoms with E-state index in [2.05, 4.69) is 20.4 Å². The first-order valence-electron chi connectivity index (χ1n) is 5.95. The highest BCUT2D eigenvalue weighted by atomic mass is 16.3. The van der Waals surface area contributed by atoms with Gasteiger partial charge in [0.25, 0.3) is 0 Å². The monoisotopic (exact) mass is 258 g/mol. The van der Waals surface area contributed by atoms with E-state index in [-0.39, 0.29) is 6.61 Å². The number of hydrogen-bond donors (Lipinski definition) is 2. The zero-order valence-electron chi connectivity index (χ0n) is 10.5. The SMILES string of the molecule is Cn1cc(-c2cnc3c(NCCO)nccn23)cn1. The van der Waals surface area contributed by atoms with Gasteiger partial charge in [-0.2, -0.15) is 5.10 Å². The number of aromatic nitrogens is 5. The van der Waals surface area contributed by atoms with Gasteiger partial charge in [0.1, 0.15) is 0 Å². The van der Waals surface area contributed by atoms with E-state index < -0.39 is 0 Å². The fourth-order valence-corrected chi connectivity index (χ4v) is 1.99. The van der Waals surface area contributed by atoms with Crippen LogP contribution in [0.4, 0.5) is 5.82 Å². The van der Waals surface area contributed by atoms with E-state index in [1.165, 1.54) is 0 Å². The fourth-order valence-electron chi connectivity index (χ4n) is 1.99. The number of nitrogens with zero attached hydrogens (tertiary/aromatic N) is 5. The number of imidazole rings is 1. The van der Waals surface area contributed by atoms with Crippen molar-refractivity contribution in [3.8, 4) is 11.3 Å². The van der Waals surface area contributed by atoms with Crippen molar-refractivity contribution in [3.05, 3.63) is 31.0 Å². The van der Waals surface area contributed by atoms with Crippen molar-refractivity contribution in [2.75, 3.05) is 18.5 Å². The summed E-state index contributed by atoms with van der Waals surface area (Å²) in [5.74, 6) is 0.659. The van der Waals surface area contributed by atoms with E-state index in [1.54, 1.807) is 23.3 Å². The summed E-state index contributed by atoms with van der Waals surface area (Å²) in [4.78, 5) is 8.61. The zero-order chi connectivity index (χ0) is 13.2. The molecule has 7 heteroatoms. The van der Waals surface area contributed by atoms with Gasteiger partial charge in [0.2, 0.25) is 0 Å². The minimum atomic E-state index is 0.0545. The number of aryl methyl sites for hydroxylation is 1. The van der Waals surface area contributed by atoms with Crippen LogP contribution in [0.5, 0.6) is 0 Å². The first-order valence-corrected chi connectivity index (χ1v) is 5.95. The maximum absolute atomic E-state index is 8.86. The van der Waals surface area contributed by atoms with Crippen LogP contribution in [-0.2, 0) is 7.05 Å². The minimum Gasteiger partial charge on any atom is -0.395 e. The number of aliphatic hydroxyl groups excluding tert-OH is 1. The van der Waals surface area contributed by atoms with Crippen molar-refractivity contribution in [1.29, 1.82) is 0 Å². The van der Waals surface area contributed by atoms with E-state index in [4.69, 9.17) is 5.11 Å². The number of rotatable bonds is 4. The van der Waals surface area contributed by atoms with Crippen LogP contribution in [0.1, 0.15) is 0 Å². The number of aliphatic hydroxyl groups is 1. The van der Waals surface area contributed by atoms with Crippen LogP contribution in [0.3, 0.4) is 0 Å². The highest BCUT2D eigenvalue weighted by molar-refractivity contribution is 5.69. The smallest absolute Gasteiger partial charge is 0.180 e. The van der Waals surface area contributed by atoms with Crippen LogP contribution in [0, 0.1) is 0 Å². The Balaban J connectivity index is 2.08. The molecule has 7 nitrogen and oxygen atoms in total. The average molecular weight is 258 g/mol. The van der Waals surface area contributed by atoms with Gasteiger partial charge in [0, 0.05) is 37.7 Å². The van der Waals surface area contributed by atoms with Gasteiger partial charge in [-0.05, 0) is 0 Å². The second-order valence-electron chi connectivity index (χ2n) is 4.17. The molecule has 0 spiro atoms. The summed E-state index contributed by atoms with van der Waals surface area (Å²) < 4.78 is 3.70. The molecular formula is C12H14N6O. The zero-order valence-corrected chi connectivity index (χ0v) is 10.5. The molecule has 98 valence electrons. The molecule has 0 fully saturated rings. The molecule has 0 radical (unpaired) electrons. The van der Waals surface area contributed by atoms with Crippen LogP contribution in [0.2, 0.25) is 0 Å². The van der Waals surface area contributed by atoms with Gasteiger partial charge < -0.3 is 10.4 Å². The molecule has 2 N–H and O–H groups in total. The Bertz CT molecular complexity index is 701. The third-order valence-electron chi connectivity index (χ3n) is 2.83. The van der Waals surface area contributed by atoms with Crippen LogP contribution >= 0.6 is 0 Å². The van der Waals surface area contributed by atoms with E-state index in [0.717, 1.165) is 16.9 Å². The van der Waals surface area contributed by atoms with Crippen LogP contribution in [0.15, 0.2) is 31.0 Å². The summed E-state index contributed by atoms with van der Waals surface area (Å²) in [7, 11) is 1.88. The molecule has 0 saturated heterocycles. The van der Waals surface area contributed by atoms with Crippen molar-refractivity contribution >= 4 is 11.5 Å². The third-order valence-corrected chi connectivity index (χ3v) is 2.83. The topological polar surface area (TPSA) is 80.3 Å². The molecule has 0 unspecified atom stereocenters. The van der Waals surface area contributed by atoms with Crippen molar-refractivity contribution in [1.82, 2.24) is 24.1 Å². The second kappa shape index (κ2) is 4.69. The maximum Gasteiger partial charge on any atom is 0.180 e. The molecule has 0 amide bonds.